The molecule has 2 rings (SSSR count). The third-order valence-electron chi connectivity index (χ3n) is 2.04. The summed E-state index contributed by atoms with van der Waals surface area (Å²) in [5.74, 6) is 0.711. The first-order valence-electron chi connectivity index (χ1n) is 4.65. The fourth-order valence-electron chi connectivity index (χ4n) is 1.41. The number of aliphatic hydroxyl groups is 1. The lowest BCUT2D eigenvalue weighted by atomic mass is 10.2. The second kappa shape index (κ2) is 4.37. The molecule has 0 unspecified atom stereocenters. The number of H-pyrrole nitrogens is 1. The maximum Gasteiger partial charge on any atom is 0.199 e. The van der Waals surface area contributed by atoms with Gasteiger partial charge in [0.15, 0.2) is 4.77 Å². The fourth-order valence-corrected chi connectivity index (χ4v) is 1.61. The Morgan fingerprint density at radius 2 is 2.20 bits per heavy atom. The monoisotopic (exact) mass is 221 g/mol. The van der Waals surface area contributed by atoms with Crippen molar-refractivity contribution < 1.29 is 5.11 Å². The minimum atomic E-state index is 0.0708. The van der Waals surface area contributed by atoms with Crippen LogP contribution in [0.15, 0.2) is 24.3 Å². The van der Waals surface area contributed by atoms with Crippen molar-refractivity contribution in [2.75, 3.05) is 18.5 Å². The van der Waals surface area contributed by atoms with Gasteiger partial charge in [0, 0.05) is 11.9 Å². The SMILES string of the molecule is OCCNc1nc(=S)[nH]c2ccccc12. The summed E-state index contributed by atoms with van der Waals surface area (Å²) in [6.07, 6.45) is 0. The topological polar surface area (TPSA) is 60.9 Å². The molecule has 0 spiro atoms. The highest BCUT2D eigenvalue weighted by molar-refractivity contribution is 7.71. The van der Waals surface area contributed by atoms with Crippen LogP contribution in [-0.4, -0.2) is 28.2 Å². The van der Waals surface area contributed by atoms with Gasteiger partial charge in [-0.1, -0.05) is 12.1 Å². The predicted molar refractivity (Wildman–Crippen MR) is 62.5 cm³/mol. The molecular weight excluding hydrogens is 210 g/mol. The zero-order valence-corrected chi connectivity index (χ0v) is 8.84. The van der Waals surface area contributed by atoms with Crippen LogP contribution in [0.4, 0.5) is 5.82 Å². The van der Waals surface area contributed by atoms with Crippen molar-refractivity contribution in [3.8, 4) is 0 Å². The van der Waals surface area contributed by atoms with Crippen LogP contribution in [0.2, 0.25) is 0 Å². The number of anilines is 1. The van der Waals surface area contributed by atoms with Gasteiger partial charge in [-0.05, 0) is 24.4 Å². The Kier molecular flexibility index (Phi) is 2.94. The number of rotatable bonds is 3. The first-order chi connectivity index (χ1) is 7.31. The van der Waals surface area contributed by atoms with Crippen LogP contribution < -0.4 is 5.32 Å². The van der Waals surface area contributed by atoms with E-state index in [0.717, 1.165) is 10.9 Å². The Bertz CT molecular complexity index is 523. The summed E-state index contributed by atoms with van der Waals surface area (Å²) in [5.41, 5.74) is 0.943. The summed E-state index contributed by atoms with van der Waals surface area (Å²) in [6.45, 7) is 0.539. The van der Waals surface area contributed by atoms with E-state index in [1.54, 1.807) is 0 Å². The smallest absolute Gasteiger partial charge is 0.199 e. The van der Waals surface area contributed by atoms with Gasteiger partial charge in [-0.2, -0.15) is 0 Å². The Hall–Kier alpha value is -1.46. The molecule has 1 heterocycles. The number of aliphatic hydroxyl groups excluding tert-OH is 1. The summed E-state index contributed by atoms with van der Waals surface area (Å²) >= 11 is 5.01. The number of nitrogens with one attached hydrogen (secondary N) is 2. The zero-order chi connectivity index (χ0) is 10.7. The lowest BCUT2D eigenvalue weighted by Gasteiger charge is -2.06. The molecule has 0 radical (unpaired) electrons. The van der Waals surface area contributed by atoms with E-state index in [-0.39, 0.29) is 6.61 Å². The van der Waals surface area contributed by atoms with Crippen LogP contribution in [0, 0.1) is 4.77 Å². The molecule has 2 aromatic rings. The largest absolute Gasteiger partial charge is 0.395 e. The molecular formula is C10H11N3OS. The highest BCUT2D eigenvalue weighted by Crippen LogP contribution is 2.18. The normalized spacial score (nSPS) is 10.5. The Labute approximate surface area is 92.0 Å². The summed E-state index contributed by atoms with van der Waals surface area (Å²) in [7, 11) is 0. The lowest BCUT2D eigenvalue weighted by molar-refractivity contribution is 0.311. The average Bonchev–Trinajstić information content (AvgIpc) is 2.25. The molecule has 0 saturated carbocycles. The maximum absolute atomic E-state index is 8.74. The van der Waals surface area contributed by atoms with Crippen molar-refractivity contribution in [3.05, 3.63) is 29.0 Å². The molecule has 1 aromatic carbocycles. The fraction of sp³-hybridized carbons (Fsp3) is 0.200. The quantitative estimate of drug-likeness (QED) is 0.690. The van der Waals surface area contributed by atoms with Crippen molar-refractivity contribution in [1.82, 2.24) is 9.97 Å². The molecule has 0 atom stereocenters. The number of fused-ring (bicyclic) bond motifs is 1. The maximum atomic E-state index is 8.74. The molecule has 5 heteroatoms. The van der Waals surface area contributed by atoms with Crippen LogP contribution in [0.3, 0.4) is 0 Å². The van der Waals surface area contributed by atoms with Gasteiger partial charge in [0.2, 0.25) is 0 Å². The molecule has 0 bridgehead atoms. The second-order valence-electron chi connectivity index (χ2n) is 3.09. The van der Waals surface area contributed by atoms with E-state index in [1.807, 2.05) is 24.3 Å². The Balaban J connectivity index is 2.55. The number of hydrogen-bond acceptors (Lipinski definition) is 4. The Morgan fingerprint density at radius 1 is 1.40 bits per heavy atom. The van der Waals surface area contributed by atoms with Crippen LogP contribution >= 0.6 is 12.2 Å². The van der Waals surface area contributed by atoms with Gasteiger partial charge in [0.05, 0.1) is 12.1 Å². The van der Waals surface area contributed by atoms with Gasteiger partial charge in [-0.3, -0.25) is 0 Å². The zero-order valence-electron chi connectivity index (χ0n) is 8.03. The number of para-hydroxylation sites is 1. The number of benzene rings is 1. The van der Waals surface area contributed by atoms with Crippen LogP contribution in [0.1, 0.15) is 0 Å². The number of aromatic nitrogens is 2. The average molecular weight is 221 g/mol. The van der Waals surface area contributed by atoms with Gasteiger partial charge < -0.3 is 15.4 Å². The first-order valence-corrected chi connectivity index (χ1v) is 5.06. The summed E-state index contributed by atoms with van der Waals surface area (Å²) in [6, 6.07) is 7.76. The van der Waals surface area contributed by atoms with Gasteiger partial charge >= 0.3 is 0 Å². The van der Waals surface area contributed by atoms with Crippen LogP contribution in [-0.2, 0) is 0 Å². The minimum absolute atomic E-state index is 0.0708. The number of nitrogens with zero attached hydrogens (tertiary/aromatic N) is 1. The molecule has 78 valence electrons. The molecule has 1 aromatic heterocycles. The second-order valence-corrected chi connectivity index (χ2v) is 3.47. The van der Waals surface area contributed by atoms with Gasteiger partial charge in [0.1, 0.15) is 5.82 Å². The number of hydrogen-bond donors (Lipinski definition) is 3. The van der Waals surface area contributed by atoms with E-state index in [4.69, 9.17) is 17.3 Å². The summed E-state index contributed by atoms with van der Waals surface area (Å²) in [5, 5.41) is 12.7. The first kappa shape index (κ1) is 10.1. The van der Waals surface area contributed by atoms with E-state index in [2.05, 4.69) is 15.3 Å². The molecule has 0 aliphatic carbocycles. The molecule has 0 aliphatic rings. The molecule has 4 nitrogen and oxygen atoms in total. The van der Waals surface area contributed by atoms with E-state index in [1.165, 1.54) is 0 Å². The summed E-state index contributed by atoms with van der Waals surface area (Å²) < 4.78 is 0.439. The third kappa shape index (κ3) is 2.14. The molecule has 3 N–H and O–H groups in total. The predicted octanol–water partition coefficient (Wildman–Crippen LogP) is 1.70. The molecule has 0 aliphatic heterocycles. The molecule has 0 saturated heterocycles. The molecule has 0 amide bonds. The van der Waals surface area contributed by atoms with E-state index in [0.29, 0.717) is 17.1 Å². The van der Waals surface area contributed by atoms with Crippen LogP contribution in [0.5, 0.6) is 0 Å². The standard InChI is InChI=1S/C10H11N3OS/c14-6-5-11-9-7-3-1-2-4-8(7)12-10(15)13-9/h1-4,14H,5-6H2,(H2,11,12,13,15). The highest BCUT2D eigenvalue weighted by Gasteiger charge is 2.01. The van der Waals surface area contributed by atoms with E-state index >= 15 is 0 Å². The van der Waals surface area contributed by atoms with E-state index < -0.39 is 0 Å². The highest BCUT2D eigenvalue weighted by atomic mass is 32.1. The van der Waals surface area contributed by atoms with Crippen molar-refractivity contribution in [3.63, 3.8) is 0 Å². The van der Waals surface area contributed by atoms with Crippen molar-refractivity contribution >= 4 is 28.9 Å². The number of aromatic amines is 1. The lowest BCUT2D eigenvalue weighted by Crippen LogP contribution is -2.07. The minimum Gasteiger partial charge on any atom is -0.395 e. The van der Waals surface area contributed by atoms with Crippen molar-refractivity contribution in [1.29, 1.82) is 0 Å². The van der Waals surface area contributed by atoms with Crippen LogP contribution in [0.25, 0.3) is 10.9 Å². The molecule has 0 fully saturated rings. The Morgan fingerprint density at radius 3 is 3.00 bits per heavy atom. The van der Waals surface area contributed by atoms with E-state index in [9.17, 15) is 0 Å². The van der Waals surface area contributed by atoms with Gasteiger partial charge in [0.25, 0.3) is 0 Å². The van der Waals surface area contributed by atoms with Crippen molar-refractivity contribution in [2.45, 2.75) is 0 Å². The van der Waals surface area contributed by atoms with Gasteiger partial charge in [-0.25, -0.2) is 4.98 Å². The van der Waals surface area contributed by atoms with Gasteiger partial charge in [-0.15, -0.1) is 0 Å². The summed E-state index contributed by atoms with van der Waals surface area (Å²) in [4.78, 5) is 7.18. The third-order valence-corrected chi connectivity index (χ3v) is 2.23. The molecule has 15 heavy (non-hydrogen) atoms. The van der Waals surface area contributed by atoms with Crippen molar-refractivity contribution in [2.24, 2.45) is 0 Å².